The molecule has 0 fully saturated rings. The number of aromatic nitrogens is 2. The Morgan fingerprint density at radius 2 is 1.94 bits per heavy atom. The van der Waals surface area contributed by atoms with Gasteiger partial charge in [-0.25, -0.2) is 0 Å². The van der Waals surface area contributed by atoms with Gasteiger partial charge in [0.05, 0.1) is 0 Å². The number of hydrogen-bond donors (Lipinski definition) is 2. The van der Waals surface area contributed by atoms with Crippen molar-refractivity contribution in [2.45, 2.75) is 6.92 Å². The minimum absolute atomic E-state index is 0.500. The first kappa shape index (κ1) is 11.5. The highest BCUT2D eigenvalue weighted by atomic mass is 32.1. The molecule has 0 aliphatic heterocycles. The first-order valence-electron chi connectivity index (χ1n) is 5.17. The summed E-state index contributed by atoms with van der Waals surface area (Å²) in [4.78, 5) is 0. The number of nitrogens with one attached hydrogen (secondary N) is 2. The van der Waals surface area contributed by atoms with Crippen molar-refractivity contribution in [2.75, 3.05) is 10.6 Å². The van der Waals surface area contributed by atoms with Crippen LogP contribution < -0.4 is 10.6 Å². The van der Waals surface area contributed by atoms with E-state index in [9.17, 15) is 0 Å². The second kappa shape index (κ2) is 5.36. The molecular formula is C12H12N4S. The minimum Gasteiger partial charge on any atom is -0.332 e. The lowest BCUT2D eigenvalue weighted by molar-refractivity contribution is 1.04. The van der Waals surface area contributed by atoms with E-state index in [2.05, 4.69) is 20.8 Å². The van der Waals surface area contributed by atoms with Crippen LogP contribution in [0.1, 0.15) is 5.56 Å². The van der Waals surface area contributed by atoms with Gasteiger partial charge >= 0.3 is 0 Å². The van der Waals surface area contributed by atoms with Crippen LogP contribution in [0.3, 0.4) is 0 Å². The monoisotopic (exact) mass is 244 g/mol. The van der Waals surface area contributed by atoms with Crippen LogP contribution in [0.15, 0.2) is 42.6 Å². The van der Waals surface area contributed by atoms with Crippen molar-refractivity contribution in [1.82, 2.24) is 10.2 Å². The molecule has 0 bridgehead atoms. The standard InChI is InChI=1S/C12H12N4S/c1-9-5-2-3-6-10(9)14-12(17)15-11-7-4-8-13-16-11/h2-8H,1H3,(H2,14,15,16,17). The first-order valence-corrected chi connectivity index (χ1v) is 5.58. The molecule has 0 radical (unpaired) electrons. The van der Waals surface area contributed by atoms with Gasteiger partial charge in [-0.2, -0.15) is 5.10 Å². The SMILES string of the molecule is Cc1ccccc1NC(=S)Nc1cccnn1. The molecule has 2 aromatic rings. The lowest BCUT2D eigenvalue weighted by atomic mass is 10.2. The van der Waals surface area contributed by atoms with E-state index in [1.807, 2.05) is 31.2 Å². The molecule has 17 heavy (non-hydrogen) atoms. The van der Waals surface area contributed by atoms with Gasteiger partial charge in [-0.05, 0) is 42.9 Å². The van der Waals surface area contributed by atoms with E-state index < -0.39 is 0 Å². The average Bonchev–Trinajstić information content (AvgIpc) is 2.33. The van der Waals surface area contributed by atoms with Gasteiger partial charge in [-0.3, -0.25) is 0 Å². The van der Waals surface area contributed by atoms with Crippen molar-refractivity contribution in [3.63, 3.8) is 0 Å². The number of rotatable bonds is 2. The topological polar surface area (TPSA) is 49.8 Å². The third kappa shape index (κ3) is 3.22. The molecule has 1 aromatic heterocycles. The number of benzene rings is 1. The molecule has 2 rings (SSSR count). The van der Waals surface area contributed by atoms with Crippen LogP contribution >= 0.6 is 12.2 Å². The van der Waals surface area contributed by atoms with Crippen LogP contribution in [-0.4, -0.2) is 15.3 Å². The van der Waals surface area contributed by atoms with Crippen LogP contribution in [0.5, 0.6) is 0 Å². The number of nitrogens with zero attached hydrogens (tertiary/aromatic N) is 2. The van der Waals surface area contributed by atoms with Crippen molar-refractivity contribution < 1.29 is 0 Å². The Hall–Kier alpha value is -2.01. The molecule has 0 saturated carbocycles. The van der Waals surface area contributed by atoms with Crippen LogP contribution in [0, 0.1) is 6.92 Å². The highest BCUT2D eigenvalue weighted by Gasteiger charge is 2.01. The van der Waals surface area contributed by atoms with Crippen LogP contribution in [0.4, 0.5) is 11.5 Å². The largest absolute Gasteiger partial charge is 0.332 e. The van der Waals surface area contributed by atoms with E-state index in [0.29, 0.717) is 10.9 Å². The normalized spacial score (nSPS) is 9.71. The fourth-order valence-electron chi connectivity index (χ4n) is 1.35. The average molecular weight is 244 g/mol. The number of anilines is 2. The van der Waals surface area contributed by atoms with Gasteiger partial charge in [-0.1, -0.05) is 18.2 Å². The van der Waals surface area contributed by atoms with E-state index in [-0.39, 0.29) is 0 Å². The third-order valence-corrected chi connectivity index (χ3v) is 2.41. The maximum absolute atomic E-state index is 5.19. The van der Waals surface area contributed by atoms with Crippen molar-refractivity contribution >= 4 is 28.8 Å². The summed E-state index contributed by atoms with van der Waals surface area (Å²) in [6, 6.07) is 11.5. The fraction of sp³-hybridized carbons (Fsp3) is 0.0833. The zero-order valence-corrected chi connectivity index (χ0v) is 10.2. The number of thiocarbonyl (C=S) groups is 1. The summed E-state index contributed by atoms with van der Waals surface area (Å²) < 4.78 is 0. The zero-order chi connectivity index (χ0) is 12.1. The molecule has 4 nitrogen and oxygen atoms in total. The Morgan fingerprint density at radius 3 is 2.65 bits per heavy atom. The Balaban J connectivity index is 2.01. The molecule has 1 aromatic carbocycles. The van der Waals surface area contributed by atoms with Gasteiger partial charge in [0.25, 0.3) is 0 Å². The molecule has 0 spiro atoms. The zero-order valence-electron chi connectivity index (χ0n) is 9.34. The molecule has 0 aliphatic rings. The predicted molar refractivity (Wildman–Crippen MR) is 73.1 cm³/mol. The Bertz CT molecular complexity index is 513. The second-order valence-electron chi connectivity index (χ2n) is 3.50. The Kier molecular flexibility index (Phi) is 3.62. The molecule has 0 unspecified atom stereocenters. The molecule has 0 atom stereocenters. The summed E-state index contributed by atoms with van der Waals surface area (Å²) >= 11 is 5.19. The molecule has 0 saturated heterocycles. The fourth-order valence-corrected chi connectivity index (χ4v) is 1.57. The van der Waals surface area contributed by atoms with Crippen LogP contribution in [-0.2, 0) is 0 Å². The van der Waals surface area contributed by atoms with Crippen LogP contribution in [0.25, 0.3) is 0 Å². The second-order valence-corrected chi connectivity index (χ2v) is 3.91. The molecule has 1 heterocycles. The number of para-hydroxylation sites is 1. The van der Waals surface area contributed by atoms with Gasteiger partial charge in [0, 0.05) is 11.9 Å². The van der Waals surface area contributed by atoms with Crippen LogP contribution in [0.2, 0.25) is 0 Å². The van der Waals surface area contributed by atoms with Gasteiger partial charge in [0.1, 0.15) is 0 Å². The van der Waals surface area contributed by atoms with E-state index in [1.165, 1.54) is 0 Å². The molecule has 2 N–H and O–H groups in total. The van der Waals surface area contributed by atoms with Crippen molar-refractivity contribution in [3.8, 4) is 0 Å². The smallest absolute Gasteiger partial charge is 0.176 e. The lowest BCUT2D eigenvalue weighted by Gasteiger charge is -2.11. The van der Waals surface area contributed by atoms with E-state index in [0.717, 1.165) is 11.3 Å². The third-order valence-electron chi connectivity index (χ3n) is 2.21. The summed E-state index contributed by atoms with van der Waals surface area (Å²) in [6.07, 6.45) is 1.61. The van der Waals surface area contributed by atoms with Gasteiger partial charge in [0.15, 0.2) is 10.9 Å². The van der Waals surface area contributed by atoms with Gasteiger partial charge in [-0.15, -0.1) is 5.10 Å². The van der Waals surface area contributed by atoms with E-state index in [4.69, 9.17) is 12.2 Å². The molecular weight excluding hydrogens is 232 g/mol. The minimum atomic E-state index is 0.500. The maximum atomic E-state index is 5.19. The lowest BCUT2D eigenvalue weighted by Crippen LogP contribution is -2.20. The summed E-state index contributed by atoms with van der Waals surface area (Å²) in [5.41, 5.74) is 2.12. The van der Waals surface area contributed by atoms with Crippen molar-refractivity contribution in [3.05, 3.63) is 48.2 Å². The Labute approximate surface area is 105 Å². The number of aryl methyl sites for hydroxylation is 1. The van der Waals surface area contributed by atoms with E-state index >= 15 is 0 Å². The highest BCUT2D eigenvalue weighted by molar-refractivity contribution is 7.80. The summed E-state index contributed by atoms with van der Waals surface area (Å²) in [5, 5.41) is 14.2. The summed E-state index contributed by atoms with van der Waals surface area (Å²) in [7, 11) is 0. The maximum Gasteiger partial charge on any atom is 0.176 e. The van der Waals surface area contributed by atoms with Crippen molar-refractivity contribution in [2.24, 2.45) is 0 Å². The highest BCUT2D eigenvalue weighted by Crippen LogP contribution is 2.13. The molecule has 5 heteroatoms. The molecule has 0 amide bonds. The summed E-state index contributed by atoms with van der Waals surface area (Å²) in [5.74, 6) is 0.624. The van der Waals surface area contributed by atoms with E-state index in [1.54, 1.807) is 18.3 Å². The van der Waals surface area contributed by atoms with Gasteiger partial charge < -0.3 is 10.6 Å². The van der Waals surface area contributed by atoms with Crippen molar-refractivity contribution in [1.29, 1.82) is 0 Å². The van der Waals surface area contributed by atoms with Gasteiger partial charge in [0.2, 0.25) is 0 Å². The summed E-state index contributed by atoms with van der Waals surface area (Å²) in [6.45, 7) is 2.02. The quantitative estimate of drug-likeness (QED) is 0.795. The molecule has 0 aliphatic carbocycles. The first-order chi connectivity index (χ1) is 8.25. The molecule has 86 valence electrons. The predicted octanol–water partition coefficient (Wildman–Crippen LogP) is 2.59. The Morgan fingerprint density at radius 1 is 1.12 bits per heavy atom. The number of hydrogen-bond acceptors (Lipinski definition) is 3.